The maximum Gasteiger partial charge on any atom is 0.123 e. The van der Waals surface area contributed by atoms with Crippen LogP contribution >= 0.6 is 0 Å². The Morgan fingerprint density at radius 3 is 2.71 bits per heavy atom. The monoisotopic (exact) mass is 193 g/mol. The molecule has 1 aromatic rings. The summed E-state index contributed by atoms with van der Waals surface area (Å²) in [7, 11) is 0. The molecule has 0 saturated carbocycles. The van der Waals surface area contributed by atoms with Crippen LogP contribution in [0.4, 0.5) is 0 Å². The van der Waals surface area contributed by atoms with E-state index in [0.717, 1.165) is 12.2 Å². The molecule has 0 saturated heterocycles. The zero-order chi connectivity index (χ0) is 10.1. The van der Waals surface area contributed by atoms with Gasteiger partial charge in [-0.15, -0.1) is 0 Å². The summed E-state index contributed by atoms with van der Waals surface area (Å²) in [4.78, 5) is 4.63. The lowest BCUT2D eigenvalue weighted by Crippen LogP contribution is -2.14. The molecule has 0 fully saturated rings. The molecule has 0 radical (unpaired) electrons. The molecule has 1 aliphatic carbocycles. The molecule has 1 aliphatic rings. The van der Waals surface area contributed by atoms with Crippen molar-refractivity contribution in [2.75, 3.05) is 0 Å². The van der Waals surface area contributed by atoms with E-state index in [-0.39, 0.29) is 0 Å². The van der Waals surface area contributed by atoms with E-state index in [1.165, 1.54) is 30.7 Å². The molecule has 0 aliphatic heterocycles. The van der Waals surface area contributed by atoms with Gasteiger partial charge in [0, 0.05) is 11.7 Å². The first-order chi connectivity index (χ1) is 6.74. The van der Waals surface area contributed by atoms with Crippen LogP contribution in [0, 0.1) is 0 Å². The third-order valence-electron chi connectivity index (χ3n) is 2.94. The Hall–Kier alpha value is -0.830. The highest BCUT2D eigenvalue weighted by Gasteiger charge is 2.20. The summed E-state index contributed by atoms with van der Waals surface area (Å²) in [6.07, 6.45) is 4.91. The summed E-state index contributed by atoms with van der Waals surface area (Å²) in [6, 6.07) is 0.489. The molecule has 0 atom stereocenters. The first-order valence-corrected chi connectivity index (χ1v) is 5.53. The van der Waals surface area contributed by atoms with Crippen molar-refractivity contribution in [3.63, 3.8) is 0 Å². The number of nitrogens with zero attached hydrogens (tertiary/aromatic N) is 2. The Balaban J connectivity index is 2.48. The van der Waals surface area contributed by atoms with E-state index in [2.05, 4.69) is 23.4 Å². The predicted molar refractivity (Wildman–Crippen MR) is 57.1 cm³/mol. The number of aryl methyl sites for hydroxylation is 1. The van der Waals surface area contributed by atoms with Crippen molar-refractivity contribution in [3.8, 4) is 0 Å². The lowest BCUT2D eigenvalue weighted by atomic mass is 10.0. The highest BCUT2D eigenvalue weighted by molar-refractivity contribution is 5.21. The Morgan fingerprint density at radius 2 is 2.07 bits per heavy atom. The summed E-state index contributed by atoms with van der Waals surface area (Å²) in [5, 5.41) is 0. The minimum Gasteiger partial charge on any atom is -0.328 e. The van der Waals surface area contributed by atoms with E-state index in [9.17, 15) is 0 Å². The van der Waals surface area contributed by atoms with Crippen LogP contribution in [0.3, 0.4) is 0 Å². The standard InChI is InChI=1S/C11H19N3/c1-8(2)14-10-6-4-3-5-9(10)13-11(14)7-12/h8H,3-7,12H2,1-2H3. The first-order valence-electron chi connectivity index (χ1n) is 5.53. The molecule has 0 spiro atoms. The second kappa shape index (κ2) is 3.73. The first kappa shape index (κ1) is 9.71. The molecule has 0 aromatic carbocycles. The molecule has 14 heavy (non-hydrogen) atoms. The maximum absolute atomic E-state index is 5.72. The van der Waals surface area contributed by atoms with Crippen LogP contribution in [-0.2, 0) is 19.4 Å². The Morgan fingerprint density at radius 1 is 1.36 bits per heavy atom. The number of imidazole rings is 1. The molecular formula is C11H19N3. The molecule has 0 bridgehead atoms. The van der Waals surface area contributed by atoms with Gasteiger partial charge < -0.3 is 10.3 Å². The number of fused-ring (bicyclic) bond motifs is 1. The summed E-state index contributed by atoms with van der Waals surface area (Å²) in [6.45, 7) is 4.97. The van der Waals surface area contributed by atoms with Gasteiger partial charge in [-0.1, -0.05) is 0 Å². The summed E-state index contributed by atoms with van der Waals surface area (Å²) in [5.41, 5.74) is 8.45. The topological polar surface area (TPSA) is 43.8 Å². The third kappa shape index (κ3) is 1.46. The minimum absolute atomic E-state index is 0.489. The number of nitrogens with two attached hydrogens (primary N) is 1. The van der Waals surface area contributed by atoms with Crippen molar-refractivity contribution in [3.05, 3.63) is 17.2 Å². The van der Waals surface area contributed by atoms with Crippen molar-refractivity contribution in [2.45, 2.75) is 52.1 Å². The quantitative estimate of drug-likeness (QED) is 0.778. The zero-order valence-corrected chi connectivity index (χ0v) is 9.08. The van der Waals surface area contributed by atoms with Crippen LogP contribution in [0.2, 0.25) is 0 Å². The van der Waals surface area contributed by atoms with Gasteiger partial charge in [0.15, 0.2) is 0 Å². The minimum atomic E-state index is 0.489. The van der Waals surface area contributed by atoms with Crippen LogP contribution in [-0.4, -0.2) is 9.55 Å². The Kier molecular flexibility index (Phi) is 2.59. The zero-order valence-electron chi connectivity index (χ0n) is 9.08. The molecule has 0 amide bonds. The smallest absolute Gasteiger partial charge is 0.123 e. The molecule has 78 valence electrons. The van der Waals surface area contributed by atoms with E-state index >= 15 is 0 Å². The molecule has 1 aromatic heterocycles. The van der Waals surface area contributed by atoms with Crippen LogP contribution in [0.25, 0.3) is 0 Å². The van der Waals surface area contributed by atoms with Crippen LogP contribution in [0.5, 0.6) is 0 Å². The van der Waals surface area contributed by atoms with E-state index in [1.54, 1.807) is 0 Å². The highest BCUT2D eigenvalue weighted by Crippen LogP contribution is 2.25. The molecule has 3 heteroatoms. The Bertz CT molecular complexity index is 326. The van der Waals surface area contributed by atoms with Gasteiger partial charge in [0.05, 0.1) is 12.2 Å². The SMILES string of the molecule is CC(C)n1c(CN)nc2c1CCCC2. The van der Waals surface area contributed by atoms with Gasteiger partial charge in [-0.2, -0.15) is 0 Å². The van der Waals surface area contributed by atoms with Crippen LogP contribution in [0.1, 0.15) is 49.9 Å². The van der Waals surface area contributed by atoms with Crippen LogP contribution < -0.4 is 5.73 Å². The average molecular weight is 193 g/mol. The van der Waals surface area contributed by atoms with Crippen molar-refractivity contribution in [1.82, 2.24) is 9.55 Å². The fourth-order valence-electron chi connectivity index (χ4n) is 2.37. The second-order valence-corrected chi connectivity index (χ2v) is 4.30. The third-order valence-corrected chi connectivity index (χ3v) is 2.94. The highest BCUT2D eigenvalue weighted by atomic mass is 15.1. The van der Waals surface area contributed by atoms with E-state index < -0.39 is 0 Å². The summed E-state index contributed by atoms with van der Waals surface area (Å²) >= 11 is 0. The van der Waals surface area contributed by atoms with Gasteiger partial charge in [-0.05, 0) is 39.5 Å². The van der Waals surface area contributed by atoms with Crippen LogP contribution in [0.15, 0.2) is 0 Å². The molecular weight excluding hydrogens is 174 g/mol. The van der Waals surface area contributed by atoms with E-state index in [0.29, 0.717) is 12.6 Å². The average Bonchev–Trinajstić information content (AvgIpc) is 2.55. The van der Waals surface area contributed by atoms with Crippen molar-refractivity contribution >= 4 is 0 Å². The number of rotatable bonds is 2. The van der Waals surface area contributed by atoms with Gasteiger partial charge in [0.1, 0.15) is 5.82 Å². The lowest BCUT2D eigenvalue weighted by Gasteiger charge is -2.17. The molecule has 0 unspecified atom stereocenters. The second-order valence-electron chi connectivity index (χ2n) is 4.30. The maximum atomic E-state index is 5.72. The van der Waals surface area contributed by atoms with Gasteiger partial charge in [0.2, 0.25) is 0 Å². The van der Waals surface area contributed by atoms with Crippen molar-refractivity contribution in [1.29, 1.82) is 0 Å². The largest absolute Gasteiger partial charge is 0.328 e. The fourth-order valence-corrected chi connectivity index (χ4v) is 2.37. The number of hydrogen-bond acceptors (Lipinski definition) is 2. The van der Waals surface area contributed by atoms with Crippen molar-refractivity contribution < 1.29 is 0 Å². The molecule has 2 N–H and O–H groups in total. The van der Waals surface area contributed by atoms with Gasteiger partial charge in [-0.3, -0.25) is 0 Å². The summed E-state index contributed by atoms with van der Waals surface area (Å²) in [5.74, 6) is 1.06. The molecule has 3 nitrogen and oxygen atoms in total. The number of aromatic nitrogens is 2. The van der Waals surface area contributed by atoms with Gasteiger partial charge >= 0.3 is 0 Å². The van der Waals surface area contributed by atoms with Gasteiger partial charge in [-0.25, -0.2) is 4.98 Å². The molecule has 1 heterocycles. The Labute approximate surface area is 85.3 Å². The number of hydrogen-bond donors (Lipinski definition) is 1. The predicted octanol–water partition coefficient (Wildman–Crippen LogP) is 1.80. The van der Waals surface area contributed by atoms with E-state index in [4.69, 9.17) is 5.73 Å². The normalized spacial score (nSPS) is 16.0. The van der Waals surface area contributed by atoms with E-state index in [1.807, 2.05) is 0 Å². The fraction of sp³-hybridized carbons (Fsp3) is 0.727. The lowest BCUT2D eigenvalue weighted by molar-refractivity contribution is 0.529. The summed E-state index contributed by atoms with van der Waals surface area (Å²) < 4.78 is 2.33. The molecule has 2 rings (SSSR count). The van der Waals surface area contributed by atoms with Gasteiger partial charge in [0.25, 0.3) is 0 Å². The van der Waals surface area contributed by atoms with Crippen molar-refractivity contribution in [2.24, 2.45) is 5.73 Å².